The minimum absolute atomic E-state index is 0.0903. The van der Waals surface area contributed by atoms with E-state index in [9.17, 15) is 20.2 Å². The Morgan fingerprint density at radius 3 is 2.11 bits per heavy atom. The average Bonchev–Trinajstić information content (AvgIpc) is 2.83. The summed E-state index contributed by atoms with van der Waals surface area (Å²) < 4.78 is 0. The fraction of sp³-hybridized carbons (Fsp3) is 0.217. The molecule has 0 saturated heterocycles. The van der Waals surface area contributed by atoms with Gasteiger partial charge in [-0.15, -0.1) is 5.11 Å². The van der Waals surface area contributed by atoms with Gasteiger partial charge >= 0.3 is 5.69 Å². The highest BCUT2D eigenvalue weighted by molar-refractivity contribution is 5.62. The first-order valence-corrected chi connectivity index (χ1v) is 10.6. The summed E-state index contributed by atoms with van der Waals surface area (Å²) in [5.74, 6) is 0. The molecule has 3 rings (SSSR count). The van der Waals surface area contributed by atoms with Crippen LogP contribution in [0, 0.1) is 27.2 Å². The van der Waals surface area contributed by atoms with Crippen molar-refractivity contribution >= 4 is 39.8 Å². The van der Waals surface area contributed by atoms with Gasteiger partial charge in [0.15, 0.2) is 5.69 Å². The number of anilines is 1. The molecule has 1 atom stereocenters. The maximum atomic E-state index is 11.2. The number of azo groups is 2. The van der Waals surface area contributed by atoms with Crippen LogP contribution in [-0.4, -0.2) is 27.6 Å². The Morgan fingerprint density at radius 2 is 1.49 bits per heavy atom. The van der Waals surface area contributed by atoms with Gasteiger partial charge in [-0.3, -0.25) is 20.2 Å². The molecule has 180 valence electrons. The minimum Gasteiger partial charge on any atom is -0.396 e. The molecule has 1 unspecified atom stereocenters. The lowest BCUT2D eigenvalue weighted by molar-refractivity contribution is -0.393. The van der Waals surface area contributed by atoms with Gasteiger partial charge in [-0.2, -0.15) is 15.3 Å². The largest absolute Gasteiger partial charge is 0.396 e. The van der Waals surface area contributed by atoms with Crippen LogP contribution in [0.4, 0.5) is 39.8 Å². The molecular weight excluding hydrogens is 454 g/mol. The molecule has 0 saturated carbocycles. The Morgan fingerprint density at radius 1 is 0.857 bits per heavy atom. The summed E-state index contributed by atoms with van der Waals surface area (Å²) in [4.78, 5) is 20.7. The summed E-state index contributed by atoms with van der Waals surface area (Å²) in [6.07, 6.45) is 0.654. The van der Waals surface area contributed by atoms with E-state index in [4.69, 9.17) is 5.11 Å². The second kappa shape index (κ2) is 11.5. The third-order valence-corrected chi connectivity index (χ3v) is 4.94. The van der Waals surface area contributed by atoms with Gasteiger partial charge in [0.1, 0.15) is 0 Å². The molecule has 0 aliphatic carbocycles. The molecule has 0 radical (unpaired) electrons. The number of aliphatic hydroxyl groups is 1. The van der Waals surface area contributed by atoms with Crippen LogP contribution in [0.2, 0.25) is 0 Å². The maximum absolute atomic E-state index is 11.2. The lowest BCUT2D eigenvalue weighted by atomic mass is 10.2. The standard InChI is InChI=1S/C23H23N7O5/c1-15-13-19(26-25-18-5-3-17(4-6-18)24-16(2)11-12-31)7-9-21(15)27-28-22-10-8-20(29(32)33)14-23(22)30(34)35/h3-10,13-14,16,24,31H,11-12H2,1-2H3. The first-order chi connectivity index (χ1) is 16.8. The number of nitrogens with one attached hydrogen (secondary N) is 1. The van der Waals surface area contributed by atoms with Crippen LogP contribution in [-0.2, 0) is 0 Å². The molecule has 0 spiro atoms. The molecule has 12 heteroatoms. The predicted octanol–water partition coefficient (Wildman–Crippen LogP) is 6.83. The van der Waals surface area contributed by atoms with Gasteiger partial charge in [-0.25, -0.2) is 0 Å². The number of aliphatic hydroxyl groups excluding tert-OH is 1. The lowest BCUT2D eigenvalue weighted by Gasteiger charge is -2.13. The number of nitro groups is 2. The summed E-state index contributed by atoms with van der Waals surface area (Å²) in [6.45, 7) is 3.89. The zero-order valence-electron chi connectivity index (χ0n) is 19.0. The van der Waals surface area contributed by atoms with Gasteiger partial charge in [0.05, 0.1) is 33.0 Å². The molecule has 0 bridgehead atoms. The highest BCUT2D eigenvalue weighted by Gasteiger charge is 2.19. The fourth-order valence-corrected chi connectivity index (χ4v) is 3.07. The number of rotatable bonds is 10. The molecule has 0 heterocycles. The number of aryl methyl sites for hydroxylation is 1. The van der Waals surface area contributed by atoms with Gasteiger partial charge < -0.3 is 10.4 Å². The number of hydrogen-bond donors (Lipinski definition) is 2. The summed E-state index contributed by atoms with van der Waals surface area (Å²) >= 11 is 0. The van der Waals surface area contributed by atoms with Crippen molar-refractivity contribution in [2.75, 3.05) is 11.9 Å². The second-order valence-corrected chi connectivity index (χ2v) is 7.66. The van der Waals surface area contributed by atoms with E-state index in [0.29, 0.717) is 29.0 Å². The van der Waals surface area contributed by atoms with E-state index in [-0.39, 0.29) is 18.3 Å². The van der Waals surface area contributed by atoms with Crippen LogP contribution in [0.1, 0.15) is 18.9 Å². The quantitative estimate of drug-likeness (QED) is 0.184. The van der Waals surface area contributed by atoms with E-state index in [1.807, 2.05) is 31.2 Å². The molecule has 0 amide bonds. The lowest BCUT2D eigenvalue weighted by Crippen LogP contribution is -2.16. The van der Waals surface area contributed by atoms with Crippen molar-refractivity contribution in [3.05, 3.63) is 86.5 Å². The second-order valence-electron chi connectivity index (χ2n) is 7.66. The minimum atomic E-state index is -0.740. The molecule has 0 aromatic heterocycles. The zero-order chi connectivity index (χ0) is 25.4. The van der Waals surface area contributed by atoms with Crippen LogP contribution in [0.15, 0.2) is 81.1 Å². The summed E-state index contributed by atoms with van der Waals surface area (Å²) in [7, 11) is 0. The van der Waals surface area contributed by atoms with Gasteiger partial charge in [-0.1, -0.05) is 0 Å². The van der Waals surface area contributed by atoms with E-state index in [0.717, 1.165) is 17.8 Å². The molecule has 35 heavy (non-hydrogen) atoms. The molecule has 12 nitrogen and oxygen atoms in total. The van der Waals surface area contributed by atoms with Gasteiger partial charge in [0, 0.05) is 24.4 Å². The SMILES string of the molecule is Cc1cc(N=Nc2ccc(NC(C)CCO)cc2)ccc1N=Nc1ccc([N+](=O)[O-])cc1[N+](=O)[O-]. The van der Waals surface area contributed by atoms with Crippen molar-refractivity contribution in [2.24, 2.45) is 20.5 Å². The Bertz CT molecular complexity index is 1280. The van der Waals surface area contributed by atoms with Crippen LogP contribution in [0.5, 0.6) is 0 Å². The predicted molar refractivity (Wildman–Crippen MR) is 131 cm³/mol. The number of benzene rings is 3. The average molecular weight is 477 g/mol. The first kappa shape index (κ1) is 25.1. The van der Waals surface area contributed by atoms with Gasteiger partial charge in [-0.05, 0) is 74.4 Å². The molecule has 3 aromatic rings. The Kier molecular flexibility index (Phi) is 8.24. The Hall–Kier alpha value is -4.58. The molecule has 0 fully saturated rings. The van der Waals surface area contributed by atoms with E-state index in [2.05, 4.69) is 25.8 Å². The number of nitro benzene ring substituents is 2. The van der Waals surface area contributed by atoms with Crippen molar-refractivity contribution in [3.8, 4) is 0 Å². The Balaban J connectivity index is 1.71. The molecular formula is C23H23N7O5. The van der Waals surface area contributed by atoms with Crippen molar-refractivity contribution in [1.82, 2.24) is 0 Å². The monoisotopic (exact) mass is 477 g/mol. The van der Waals surface area contributed by atoms with Crippen molar-refractivity contribution in [1.29, 1.82) is 0 Å². The number of non-ortho nitro benzene ring substituents is 1. The summed E-state index contributed by atoms with van der Waals surface area (Å²) in [5.41, 5.74) is 2.35. The molecule has 0 aliphatic heterocycles. The Labute approximate surface area is 200 Å². The van der Waals surface area contributed by atoms with E-state index in [1.165, 1.54) is 6.07 Å². The third-order valence-electron chi connectivity index (χ3n) is 4.94. The summed E-state index contributed by atoms with van der Waals surface area (Å²) in [6, 6.07) is 15.8. The highest BCUT2D eigenvalue weighted by atomic mass is 16.6. The van der Waals surface area contributed by atoms with Crippen LogP contribution >= 0.6 is 0 Å². The van der Waals surface area contributed by atoms with E-state index >= 15 is 0 Å². The normalized spacial score (nSPS) is 12.2. The first-order valence-electron chi connectivity index (χ1n) is 10.6. The van der Waals surface area contributed by atoms with Gasteiger partial charge in [0.25, 0.3) is 5.69 Å². The van der Waals surface area contributed by atoms with Crippen LogP contribution < -0.4 is 5.32 Å². The number of hydrogen-bond acceptors (Lipinski definition) is 10. The van der Waals surface area contributed by atoms with E-state index < -0.39 is 21.2 Å². The van der Waals surface area contributed by atoms with E-state index in [1.54, 1.807) is 25.1 Å². The van der Waals surface area contributed by atoms with Crippen molar-refractivity contribution < 1.29 is 15.0 Å². The molecule has 0 aliphatic rings. The van der Waals surface area contributed by atoms with Crippen molar-refractivity contribution in [3.63, 3.8) is 0 Å². The van der Waals surface area contributed by atoms with Gasteiger partial charge in [0.2, 0.25) is 0 Å². The molecule has 3 aromatic carbocycles. The smallest absolute Gasteiger partial charge is 0.303 e. The van der Waals surface area contributed by atoms with Crippen LogP contribution in [0.25, 0.3) is 0 Å². The topological polar surface area (TPSA) is 168 Å². The fourth-order valence-electron chi connectivity index (χ4n) is 3.07. The summed E-state index contributed by atoms with van der Waals surface area (Å²) in [5, 5.41) is 50.8. The number of nitrogens with zero attached hydrogens (tertiary/aromatic N) is 6. The highest BCUT2D eigenvalue weighted by Crippen LogP contribution is 2.33. The zero-order valence-corrected chi connectivity index (χ0v) is 19.0. The van der Waals surface area contributed by atoms with Crippen LogP contribution in [0.3, 0.4) is 0 Å². The molecule has 2 N–H and O–H groups in total. The van der Waals surface area contributed by atoms with Crippen molar-refractivity contribution in [2.45, 2.75) is 26.3 Å². The third kappa shape index (κ3) is 6.95. The maximum Gasteiger partial charge on any atom is 0.303 e.